The van der Waals surface area contributed by atoms with Crippen molar-refractivity contribution in [3.8, 4) is 0 Å². The molecule has 0 saturated heterocycles. The summed E-state index contributed by atoms with van der Waals surface area (Å²) in [5.74, 6) is 0.726. The molecule has 0 bridgehead atoms. The predicted molar refractivity (Wildman–Crippen MR) is 73.0 cm³/mol. The second kappa shape index (κ2) is 6.86. The number of ether oxygens (including phenoxy) is 1. The Morgan fingerprint density at radius 1 is 1.39 bits per heavy atom. The van der Waals surface area contributed by atoms with Gasteiger partial charge in [-0.25, -0.2) is 0 Å². The van der Waals surface area contributed by atoms with E-state index in [1.54, 1.807) is 0 Å². The number of hydrogen-bond acceptors (Lipinski definition) is 3. The van der Waals surface area contributed by atoms with Crippen LogP contribution in [0, 0.1) is 5.92 Å². The summed E-state index contributed by atoms with van der Waals surface area (Å²) in [6.45, 7) is 3.40. The fraction of sp³-hybridized carbons (Fsp3) is 0.667. The van der Waals surface area contributed by atoms with Gasteiger partial charge in [0.15, 0.2) is 0 Å². The van der Waals surface area contributed by atoms with Crippen molar-refractivity contribution in [2.75, 3.05) is 0 Å². The summed E-state index contributed by atoms with van der Waals surface area (Å²) in [7, 11) is 0. The maximum Gasteiger partial charge on any atom is 0.0895 e. The van der Waals surface area contributed by atoms with E-state index in [1.807, 2.05) is 18.3 Å². The highest BCUT2D eigenvalue weighted by molar-refractivity contribution is 5.18. The molecule has 100 valence electrons. The summed E-state index contributed by atoms with van der Waals surface area (Å²) >= 11 is 0. The molecular formula is C15H24N2O. The Kier molecular flexibility index (Phi) is 5.14. The maximum atomic E-state index is 6.10. The Balaban J connectivity index is 1.93. The third-order valence-corrected chi connectivity index (χ3v) is 4.00. The molecule has 1 aromatic heterocycles. The average Bonchev–Trinajstić information content (AvgIpc) is 2.45. The van der Waals surface area contributed by atoms with E-state index in [0.29, 0.717) is 19.3 Å². The van der Waals surface area contributed by atoms with Crippen LogP contribution in [0.4, 0.5) is 0 Å². The Morgan fingerprint density at radius 3 is 3.00 bits per heavy atom. The molecule has 1 heterocycles. The molecule has 1 aliphatic rings. The highest BCUT2D eigenvalue weighted by Gasteiger charge is 2.24. The monoisotopic (exact) mass is 248 g/mol. The molecule has 1 aromatic rings. The van der Waals surface area contributed by atoms with Gasteiger partial charge in [0.1, 0.15) is 0 Å². The van der Waals surface area contributed by atoms with Crippen LogP contribution in [0.15, 0.2) is 18.3 Å². The van der Waals surface area contributed by atoms with Crippen LogP contribution in [-0.4, -0.2) is 11.1 Å². The van der Waals surface area contributed by atoms with Crippen molar-refractivity contribution in [2.45, 2.75) is 58.3 Å². The zero-order chi connectivity index (χ0) is 12.8. The Labute approximate surface area is 110 Å². The second-order valence-electron chi connectivity index (χ2n) is 5.12. The van der Waals surface area contributed by atoms with Crippen molar-refractivity contribution in [2.24, 2.45) is 11.7 Å². The van der Waals surface area contributed by atoms with Crippen molar-refractivity contribution in [3.63, 3.8) is 0 Å². The van der Waals surface area contributed by atoms with E-state index in [4.69, 9.17) is 10.5 Å². The van der Waals surface area contributed by atoms with Gasteiger partial charge in [0.2, 0.25) is 0 Å². The molecule has 3 heteroatoms. The van der Waals surface area contributed by atoms with Gasteiger partial charge in [0.25, 0.3) is 0 Å². The van der Waals surface area contributed by atoms with Gasteiger partial charge in [-0.2, -0.15) is 0 Å². The first-order chi connectivity index (χ1) is 8.85. The molecule has 2 N–H and O–H groups in total. The molecule has 0 spiro atoms. The summed E-state index contributed by atoms with van der Waals surface area (Å²) in [6, 6.07) is 3.96. The predicted octanol–water partition coefficient (Wildman–Crippen LogP) is 3.03. The van der Waals surface area contributed by atoms with Crippen LogP contribution in [-0.2, 0) is 17.9 Å². The van der Waals surface area contributed by atoms with Crippen LogP contribution in [0.3, 0.4) is 0 Å². The van der Waals surface area contributed by atoms with Crippen molar-refractivity contribution < 1.29 is 4.74 Å². The van der Waals surface area contributed by atoms with Gasteiger partial charge >= 0.3 is 0 Å². The quantitative estimate of drug-likeness (QED) is 0.871. The van der Waals surface area contributed by atoms with Crippen LogP contribution in [0.25, 0.3) is 0 Å². The van der Waals surface area contributed by atoms with E-state index >= 15 is 0 Å². The van der Waals surface area contributed by atoms with Gasteiger partial charge in [-0.1, -0.05) is 32.3 Å². The third kappa shape index (κ3) is 3.30. The van der Waals surface area contributed by atoms with Gasteiger partial charge in [-0.05, 0) is 30.4 Å². The van der Waals surface area contributed by atoms with Gasteiger partial charge in [-0.15, -0.1) is 0 Å². The minimum absolute atomic E-state index is 0.413. The minimum atomic E-state index is 0.413. The van der Waals surface area contributed by atoms with E-state index < -0.39 is 0 Å². The van der Waals surface area contributed by atoms with Gasteiger partial charge in [0, 0.05) is 12.7 Å². The van der Waals surface area contributed by atoms with Crippen molar-refractivity contribution in [3.05, 3.63) is 29.6 Å². The van der Waals surface area contributed by atoms with Crippen LogP contribution in [0.5, 0.6) is 0 Å². The van der Waals surface area contributed by atoms with E-state index in [2.05, 4.69) is 11.9 Å². The average molecular weight is 248 g/mol. The summed E-state index contributed by atoms with van der Waals surface area (Å²) in [5.41, 5.74) is 7.82. The first kappa shape index (κ1) is 13.5. The molecule has 1 saturated carbocycles. The fourth-order valence-corrected chi connectivity index (χ4v) is 2.83. The number of hydrogen-bond donors (Lipinski definition) is 1. The zero-order valence-corrected chi connectivity index (χ0v) is 11.3. The standard InChI is InChI=1S/C15H24N2O/c1-2-12-6-3-4-8-15(12)18-11-14-13(10-16)7-5-9-17-14/h5,7,9,12,15H,2-4,6,8,10-11,16H2,1H3. The van der Waals surface area contributed by atoms with Crippen molar-refractivity contribution in [1.82, 2.24) is 4.98 Å². The molecule has 0 amide bonds. The molecule has 0 aliphatic heterocycles. The van der Waals surface area contributed by atoms with Crippen LogP contribution in [0.2, 0.25) is 0 Å². The number of aromatic nitrogens is 1. The Hall–Kier alpha value is -0.930. The van der Waals surface area contributed by atoms with Crippen molar-refractivity contribution >= 4 is 0 Å². The molecular weight excluding hydrogens is 224 g/mol. The van der Waals surface area contributed by atoms with E-state index in [-0.39, 0.29) is 0 Å². The molecule has 0 aromatic carbocycles. The molecule has 2 rings (SSSR count). The minimum Gasteiger partial charge on any atom is -0.372 e. The highest BCUT2D eigenvalue weighted by atomic mass is 16.5. The molecule has 0 radical (unpaired) electrons. The lowest BCUT2D eigenvalue weighted by Crippen LogP contribution is -2.27. The lowest BCUT2D eigenvalue weighted by Gasteiger charge is -2.30. The number of nitrogens with zero attached hydrogens (tertiary/aromatic N) is 1. The van der Waals surface area contributed by atoms with E-state index in [1.165, 1.54) is 32.1 Å². The van der Waals surface area contributed by atoms with Crippen LogP contribution in [0.1, 0.15) is 50.3 Å². The second-order valence-corrected chi connectivity index (χ2v) is 5.12. The van der Waals surface area contributed by atoms with Crippen LogP contribution < -0.4 is 5.73 Å². The lowest BCUT2D eigenvalue weighted by atomic mass is 9.85. The van der Waals surface area contributed by atoms with Crippen molar-refractivity contribution in [1.29, 1.82) is 0 Å². The summed E-state index contributed by atoms with van der Waals surface area (Å²) in [6.07, 6.45) is 8.61. The SMILES string of the molecule is CCC1CCCCC1OCc1ncccc1CN. The Morgan fingerprint density at radius 2 is 2.22 bits per heavy atom. The lowest BCUT2D eigenvalue weighted by molar-refractivity contribution is -0.0237. The first-order valence-corrected chi connectivity index (χ1v) is 7.09. The number of nitrogens with two attached hydrogens (primary N) is 1. The van der Waals surface area contributed by atoms with E-state index in [9.17, 15) is 0 Å². The third-order valence-electron chi connectivity index (χ3n) is 4.00. The molecule has 18 heavy (non-hydrogen) atoms. The molecule has 1 fully saturated rings. The van der Waals surface area contributed by atoms with Crippen LogP contribution >= 0.6 is 0 Å². The van der Waals surface area contributed by atoms with Gasteiger partial charge in [0.05, 0.1) is 18.4 Å². The smallest absolute Gasteiger partial charge is 0.0895 e. The highest BCUT2D eigenvalue weighted by Crippen LogP contribution is 2.29. The number of pyridine rings is 1. The summed E-state index contributed by atoms with van der Waals surface area (Å²) in [5, 5.41) is 0. The number of rotatable bonds is 5. The van der Waals surface area contributed by atoms with E-state index in [0.717, 1.165) is 17.2 Å². The molecule has 2 atom stereocenters. The van der Waals surface area contributed by atoms with Gasteiger partial charge in [-0.3, -0.25) is 4.98 Å². The summed E-state index contributed by atoms with van der Waals surface area (Å²) < 4.78 is 6.10. The summed E-state index contributed by atoms with van der Waals surface area (Å²) in [4.78, 5) is 4.38. The van der Waals surface area contributed by atoms with Gasteiger partial charge < -0.3 is 10.5 Å². The normalized spacial score (nSPS) is 24.1. The molecule has 1 aliphatic carbocycles. The molecule has 2 unspecified atom stereocenters. The topological polar surface area (TPSA) is 48.1 Å². The Bertz CT molecular complexity index is 367. The fourth-order valence-electron chi connectivity index (χ4n) is 2.83. The molecule has 3 nitrogen and oxygen atoms in total. The largest absolute Gasteiger partial charge is 0.372 e. The maximum absolute atomic E-state index is 6.10. The zero-order valence-electron chi connectivity index (χ0n) is 11.3. The first-order valence-electron chi connectivity index (χ1n) is 7.09.